The van der Waals surface area contributed by atoms with Crippen molar-refractivity contribution in [3.05, 3.63) is 30.3 Å². The summed E-state index contributed by atoms with van der Waals surface area (Å²) in [6.07, 6.45) is 0.0533. The van der Waals surface area contributed by atoms with Crippen molar-refractivity contribution in [2.24, 2.45) is 5.92 Å². The van der Waals surface area contributed by atoms with Gasteiger partial charge in [0, 0.05) is 24.8 Å². The number of nitrogens with one attached hydrogen (secondary N) is 1. The van der Waals surface area contributed by atoms with Gasteiger partial charge in [-0.3, -0.25) is 0 Å². The first kappa shape index (κ1) is 11.8. The van der Waals surface area contributed by atoms with Gasteiger partial charge in [0.1, 0.15) is 0 Å². The maximum Gasteiger partial charge on any atom is 0.407 e. The summed E-state index contributed by atoms with van der Waals surface area (Å²) >= 11 is 0. The molecule has 2 atom stereocenters. The monoisotopic (exact) mass is 234 g/mol. The van der Waals surface area contributed by atoms with E-state index in [1.807, 2.05) is 30.3 Å². The van der Waals surface area contributed by atoms with Crippen molar-refractivity contribution in [1.29, 1.82) is 0 Å². The molecule has 1 aliphatic heterocycles. The predicted molar refractivity (Wildman–Crippen MR) is 67.2 cm³/mol. The highest BCUT2D eigenvalue weighted by molar-refractivity contribution is 5.65. The normalized spacial score (nSPS) is 24.4. The number of anilines is 1. The molecule has 2 N–H and O–H groups in total. The van der Waals surface area contributed by atoms with E-state index in [-0.39, 0.29) is 0 Å². The molecule has 1 aromatic carbocycles. The zero-order valence-electron chi connectivity index (χ0n) is 9.97. The van der Waals surface area contributed by atoms with Crippen LogP contribution in [0, 0.1) is 5.92 Å². The van der Waals surface area contributed by atoms with Crippen LogP contribution in [0.4, 0.5) is 10.5 Å². The summed E-state index contributed by atoms with van der Waals surface area (Å²) in [5, 5.41) is 12.4. The minimum absolute atomic E-state index is 0.333. The van der Waals surface area contributed by atoms with Gasteiger partial charge in [-0.25, -0.2) is 4.79 Å². The average Bonchev–Trinajstić information content (AvgIpc) is 2.33. The zero-order chi connectivity index (χ0) is 12.3. The molecule has 0 bridgehead atoms. The van der Waals surface area contributed by atoms with Crippen molar-refractivity contribution in [1.82, 2.24) is 4.90 Å². The molecular formula is C13H18N2O2. The van der Waals surface area contributed by atoms with E-state index in [9.17, 15) is 4.79 Å². The molecule has 2 unspecified atom stereocenters. The third-order valence-corrected chi connectivity index (χ3v) is 3.30. The molecule has 0 saturated carbocycles. The van der Waals surface area contributed by atoms with Gasteiger partial charge < -0.3 is 15.3 Å². The Morgan fingerprint density at radius 2 is 2.12 bits per heavy atom. The Hall–Kier alpha value is -1.71. The van der Waals surface area contributed by atoms with Gasteiger partial charge in [0.2, 0.25) is 0 Å². The standard InChI is InChI=1S/C13H18N2O2/c1-10-9-15(13(16)17)8-7-12(10)14-11-5-3-2-4-6-11/h2-6,10,12,14H,7-9H2,1H3,(H,16,17). The fraction of sp³-hybridized carbons (Fsp3) is 0.462. The lowest BCUT2D eigenvalue weighted by Gasteiger charge is -2.36. The van der Waals surface area contributed by atoms with E-state index < -0.39 is 6.09 Å². The van der Waals surface area contributed by atoms with Crippen LogP contribution in [0.25, 0.3) is 0 Å². The molecule has 0 radical (unpaired) electrons. The van der Waals surface area contributed by atoms with Gasteiger partial charge in [0.25, 0.3) is 0 Å². The Balaban J connectivity index is 1.94. The zero-order valence-corrected chi connectivity index (χ0v) is 9.97. The lowest BCUT2D eigenvalue weighted by atomic mass is 9.94. The second-order valence-electron chi connectivity index (χ2n) is 4.61. The molecular weight excluding hydrogens is 216 g/mol. The smallest absolute Gasteiger partial charge is 0.407 e. The summed E-state index contributed by atoms with van der Waals surface area (Å²) in [5.41, 5.74) is 1.10. The van der Waals surface area contributed by atoms with Crippen LogP contribution in [-0.4, -0.2) is 35.2 Å². The maximum atomic E-state index is 10.9. The fourth-order valence-corrected chi connectivity index (χ4v) is 2.28. The Bertz CT molecular complexity index is 380. The largest absolute Gasteiger partial charge is 0.465 e. The SMILES string of the molecule is CC1CN(C(=O)O)CCC1Nc1ccccc1. The molecule has 17 heavy (non-hydrogen) atoms. The summed E-state index contributed by atoms with van der Waals surface area (Å²) in [5.74, 6) is 0.333. The van der Waals surface area contributed by atoms with E-state index in [4.69, 9.17) is 5.11 Å². The van der Waals surface area contributed by atoms with Gasteiger partial charge >= 0.3 is 6.09 Å². The maximum absolute atomic E-state index is 10.9. The molecule has 1 amide bonds. The van der Waals surface area contributed by atoms with Crippen molar-refractivity contribution in [3.8, 4) is 0 Å². The van der Waals surface area contributed by atoms with Crippen molar-refractivity contribution in [2.45, 2.75) is 19.4 Å². The number of amides is 1. The number of para-hydroxylation sites is 1. The molecule has 1 aromatic rings. The number of likely N-dealkylation sites (tertiary alicyclic amines) is 1. The lowest BCUT2D eigenvalue weighted by Crippen LogP contribution is -2.47. The van der Waals surface area contributed by atoms with E-state index in [1.165, 1.54) is 4.90 Å². The number of hydrogen-bond acceptors (Lipinski definition) is 2. The summed E-state index contributed by atoms with van der Waals surface area (Å²) < 4.78 is 0. The number of benzene rings is 1. The third-order valence-electron chi connectivity index (χ3n) is 3.30. The van der Waals surface area contributed by atoms with Crippen LogP contribution in [0.15, 0.2) is 30.3 Å². The molecule has 4 nitrogen and oxygen atoms in total. The van der Waals surface area contributed by atoms with E-state index in [2.05, 4.69) is 12.2 Å². The van der Waals surface area contributed by atoms with Gasteiger partial charge in [-0.1, -0.05) is 25.1 Å². The minimum Gasteiger partial charge on any atom is -0.465 e. The second kappa shape index (κ2) is 5.08. The van der Waals surface area contributed by atoms with E-state index in [0.29, 0.717) is 25.0 Å². The number of rotatable bonds is 2. The number of carboxylic acid groups (broad SMARTS) is 1. The molecule has 1 fully saturated rings. The van der Waals surface area contributed by atoms with Crippen LogP contribution < -0.4 is 5.32 Å². The quantitative estimate of drug-likeness (QED) is 0.826. The molecule has 1 heterocycles. The molecule has 0 aliphatic carbocycles. The Labute approximate surface area is 101 Å². The van der Waals surface area contributed by atoms with E-state index in [1.54, 1.807) is 0 Å². The van der Waals surface area contributed by atoms with Crippen molar-refractivity contribution in [2.75, 3.05) is 18.4 Å². The molecule has 1 saturated heterocycles. The molecule has 4 heteroatoms. The summed E-state index contributed by atoms with van der Waals surface area (Å²) in [4.78, 5) is 12.4. The third kappa shape index (κ3) is 2.90. The van der Waals surface area contributed by atoms with Crippen LogP contribution in [0.1, 0.15) is 13.3 Å². The van der Waals surface area contributed by atoms with E-state index >= 15 is 0 Å². The van der Waals surface area contributed by atoms with Crippen molar-refractivity contribution in [3.63, 3.8) is 0 Å². The first-order valence-electron chi connectivity index (χ1n) is 5.96. The first-order chi connectivity index (χ1) is 8.16. The minimum atomic E-state index is -0.810. The van der Waals surface area contributed by atoms with Gasteiger partial charge in [-0.2, -0.15) is 0 Å². The van der Waals surface area contributed by atoms with Gasteiger partial charge in [0.05, 0.1) is 0 Å². The Morgan fingerprint density at radius 1 is 1.41 bits per heavy atom. The number of hydrogen-bond donors (Lipinski definition) is 2. The second-order valence-corrected chi connectivity index (χ2v) is 4.61. The van der Waals surface area contributed by atoms with Crippen molar-refractivity contribution < 1.29 is 9.90 Å². The van der Waals surface area contributed by atoms with Crippen LogP contribution in [0.3, 0.4) is 0 Å². The number of nitrogens with zero attached hydrogens (tertiary/aromatic N) is 1. The highest BCUT2D eigenvalue weighted by Crippen LogP contribution is 2.21. The molecule has 0 aromatic heterocycles. The van der Waals surface area contributed by atoms with Crippen molar-refractivity contribution >= 4 is 11.8 Å². The summed E-state index contributed by atoms with van der Waals surface area (Å²) in [6.45, 7) is 3.32. The number of carbonyl (C=O) groups is 1. The first-order valence-corrected chi connectivity index (χ1v) is 5.96. The predicted octanol–water partition coefficient (Wildman–Crippen LogP) is 2.49. The highest BCUT2D eigenvalue weighted by atomic mass is 16.4. The Morgan fingerprint density at radius 3 is 2.71 bits per heavy atom. The van der Waals surface area contributed by atoms with Crippen LogP contribution in [-0.2, 0) is 0 Å². The van der Waals surface area contributed by atoms with Crippen LogP contribution in [0.2, 0.25) is 0 Å². The highest BCUT2D eigenvalue weighted by Gasteiger charge is 2.28. The topological polar surface area (TPSA) is 52.6 Å². The lowest BCUT2D eigenvalue weighted by molar-refractivity contribution is 0.119. The fourth-order valence-electron chi connectivity index (χ4n) is 2.28. The Kier molecular flexibility index (Phi) is 3.52. The molecule has 2 rings (SSSR count). The van der Waals surface area contributed by atoms with E-state index in [0.717, 1.165) is 12.1 Å². The van der Waals surface area contributed by atoms with Gasteiger partial charge in [-0.05, 0) is 24.5 Å². The summed E-state index contributed by atoms with van der Waals surface area (Å²) in [7, 11) is 0. The molecule has 92 valence electrons. The number of piperidine rings is 1. The molecule has 1 aliphatic rings. The average molecular weight is 234 g/mol. The van der Waals surface area contributed by atoms with Crippen LogP contribution >= 0.6 is 0 Å². The summed E-state index contributed by atoms with van der Waals surface area (Å²) in [6, 6.07) is 10.4. The van der Waals surface area contributed by atoms with Gasteiger partial charge in [0.15, 0.2) is 0 Å². The van der Waals surface area contributed by atoms with Gasteiger partial charge in [-0.15, -0.1) is 0 Å². The molecule has 0 spiro atoms. The van der Waals surface area contributed by atoms with Crippen LogP contribution in [0.5, 0.6) is 0 Å².